The number of methoxy groups -OCH3 is 1. The zero-order valence-electron chi connectivity index (χ0n) is 11.2. The molecule has 1 aromatic rings. The third-order valence-electron chi connectivity index (χ3n) is 2.77. The van der Waals surface area contributed by atoms with E-state index in [1.54, 1.807) is 6.20 Å². The van der Waals surface area contributed by atoms with Crippen molar-refractivity contribution in [3.05, 3.63) is 29.6 Å². The average Bonchev–Trinajstić information content (AvgIpc) is 2.37. The van der Waals surface area contributed by atoms with E-state index in [1.807, 2.05) is 30.9 Å². The number of pyridine rings is 1. The first-order valence-electron chi connectivity index (χ1n) is 6.01. The van der Waals surface area contributed by atoms with Gasteiger partial charge in [-0.25, -0.2) is 0 Å². The number of hydrogen-bond acceptors (Lipinski definition) is 5. The van der Waals surface area contributed by atoms with Crippen LogP contribution in [0.15, 0.2) is 18.3 Å². The molecule has 0 spiro atoms. The van der Waals surface area contributed by atoms with Crippen LogP contribution < -0.4 is 5.73 Å². The summed E-state index contributed by atoms with van der Waals surface area (Å²) >= 11 is 0. The van der Waals surface area contributed by atoms with Crippen LogP contribution in [0.3, 0.4) is 0 Å². The van der Waals surface area contributed by atoms with Gasteiger partial charge in [0.2, 0.25) is 0 Å². The summed E-state index contributed by atoms with van der Waals surface area (Å²) in [6.07, 6.45) is 1.74. The van der Waals surface area contributed by atoms with Gasteiger partial charge in [0.1, 0.15) is 0 Å². The zero-order chi connectivity index (χ0) is 13.5. The molecule has 1 heterocycles. The summed E-state index contributed by atoms with van der Waals surface area (Å²) in [5, 5.41) is 0. The molecule has 2 N–H and O–H groups in total. The number of hydrogen-bond donors (Lipinski definition) is 1. The highest BCUT2D eigenvalue weighted by molar-refractivity contribution is 5.71. The maximum atomic E-state index is 11.3. The fourth-order valence-electron chi connectivity index (χ4n) is 1.62. The minimum Gasteiger partial charge on any atom is -0.468 e. The summed E-state index contributed by atoms with van der Waals surface area (Å²) in [5.74, 6) is -0.225. The number of ether oxygens (including phenoxy) is 1. The number of carbonyl (C=O) groups excluding carboxylic acids is 1. The first-order valence-corrected chi connectivity index (χ1v) is 6.01. The van der Waals surface area contributed by atoms with Gasteiger partial charge in [0, 0.05) is 25.3 Å². The van der Waals surface area contributed by atoms with Crippen molar-refractivity contribution in [1.82, 2.24) is 9.88 Å². The maximum Gasteiger partial charge on any atom is 0.319 e. The molecule has 0 fully saturated rings. The molecule has 0 aliphatic rings. The molecule has 100 valence electrons. The fraction of sp³-hybridized carbons (Fsp3) is 0.538. The largest absolute Gasteiger partial charge is 0.468 e. The first-order chi connectivity index (χ1) is 8.56. The van der Waals surface area contributed by atoms with Gasteiger partial charge in [-0.3, -0.25) is 14.7 Å². The highest BCUT2D eigenvalue weighted by Gasteiger charge is 2.14. The van der Waals surface area contributed by atoms with E-state index >= 15 is 0 Å². The summed E-state index contributed by atoms with van der Waals surface area (Å²) in [5.41, 5.74) is 7.52. The molecule has 0 saturated heterocycles. The summed E-state index contributed by atoms with van der Waals surface area (Å²) in [6, 6.07) is 4.16. The van der Waals surface area contributed by atoms with Crippen LogP contribution in [-0.2, 0) is 22.6 Å². The molecule has 0 amide bonds. The Morgan fingerprint density at radius 2 is 2.28 bits per heavy atom. The van der Waals surface area contributed by atoms with Crippen molar-refractivity contribution in [2.24, 2.45) is 5.73 Å². The van der Waals surface area contributed by atoms with Gasteiger partial charge in [0.05, 0.1) is 19.3 Å². The Morgan fingerprint density at radius 3 is 2.83 bits per heavy atom. The standard InChI is InChI=1S/C13H21N3O2/c1-10(2)16(9-13(17)18-3)8-11-4-5-15-12(6-11)7-14/h4-6,10H,7-9,14H2,1-3H3. The molecular formula is C13H21N3O2. The molecular weight excluding hydrogens is 230 g/mol. The topological polar surface area (TPSA) is 68.5 Å². The van der Waals surface area contributed by atoms with Crippen LogP contribution in [0.4, 0.5) is 0 Å². The highest BCUT2D eigenvalue weighted by atomic mass is 16.5. The van der Waals surface area contributed by atoms with E-state index in [9.17, 15) is 4.79 Å². The Kier molecular flexibility index (Phi) is 5.74. The van der Waals surface area contributed by atoms with Gasteiger partial charge < -0.3 is 10.5 Å². The van der Waals surface area contributed by atoms with Crippen LogP contribution >= 0.6 is 0 Å². The van der Waals surface area contributed by atoms with Crippen molar-refractivity contribution in [3.63, 3.8) is 0 Å². The zero-order valence-corrected chi connectivity index (χ0v) is 11.2. The molecule has 0 aromatic carbocycles. The van der Waals surface area contributed by atoms with E-state index in [2.05, 4.69) is 4.98 Å². The molecule has 0 unspecified atom stereocenters. The normalized spacial score (nSPS) is 11.0. The molecule has 0 radical (unpaired) electrons. The molecule has 5 heteroatoms. The lowest BCUT2D eigenvalue weighted by molar-refractivity contribution is -0.142. The smallest absolute Gasteiger partial charge is 0.319 e. The number of rotatable bonds is 6. The predicted molar refractivity (Wildman–Crippen MR) is 69.7 cm³/mol. The van der Waals surface area contributed by atoms with Crippen molar-refractivity contribution >= 4 is 5.97 Å². The monoisotopic (exact) mass is 251 g/mol. The van der Waals surface area contributed by atoms with Crippen molar-refractivity contribution in [2.75, 3.05) is 13.7 Å². The Balaban J connectivity index is 2.73. The fourth-order valence-corrected chi connectivity index (χ4v) is 1.62. The number of nitrogens with zero attached hydrogens (tertiary/aromatic N) is 2. The van der Waals surface area contributed by atoms with Gasteiger partial charge in [-0.05, 0) is 31.5 Å². The molecule has 0 bridgehead atoms. The van der Waals surface area contributed by atoms with Crippen LogP contribution in [0.2, 0.25) is 0 Å². The average molecular weight is 251 g/mol. The number of aromatic nitrogens is 1. The molecule has 0 aliphatic carbocycles. The van der Waals surface area contributed by atoms with Crippen LogP contribution in [0, 0.1) is 0 Å². The van der Waals surface area contributed by atoms with Gasteiger partial charge in [-0.2, -0.15) is 0 Å². The summed E-state index contributed by atoms with van der Waals surface area (Å²) in [6.45, 7) is 5.49. The van der Waals surface area contributed by atoms with E-state index < -0.39 is 0 Å². The van der Waals surface area contributed by atoms with Crippen LogP contribution in [-0.4, -0.2) is 35.5 Å². The molecule has 1 aromatic heterocycles. The second-order valence-corrected chi connectivity index (χ2v) is 4.43. The Labute approximate surface area is 108 Å². The molecule has 0 atom stereocenters. The van der Waals surface area contributed by atoms with E-state index in [-0.39, 0.29) is 18.6 Å². The lowest BCUT2D eigenvalue weighted by Crippen LogP contribution is -2.35. The maximum absolute atomic E-state index is 11.3. The molecule has 0 saturated carbocycles. The van der Waals surface area contributed by atoms with Crippen LogP contribution in [0.25, 0.3) is 0 Å². The molecule has 18 heavy (non-hydrogen) atoms. The Hall–Kier alpha value is -1.46. The van der Waals surface area contributed by atoms with Crippen molar-refractivity contribution < 1.29 is 9.53 Å². The van der Waals surface area contributed by atoms with Crippen molar-refractivity contribution in [3.8, 4) is 0 Å². The summed E-state index contributed by atoms with van der Waals surface area (Å²) < 4.78 is 4.70. The lowest BCUT2D eigenvalue weighted by Gasteiger charge is -2.25. The minimum absolute atomic E-state index is 0.225. The van der Waals surface area contributed by atoms with Crippen molar-refractivity contribution in [1.29, 1.82) is 0 Å². The second-order valence-electron chi connectivity index (χ2n) is 4.43. The highest BCUT2D eigenvalue weighted by Crippen LogP contribution is 2.09. The quantitative estimate of drug-likeness (QED) is 0.762. The second kappa shape index (κ2) is 7.08. The van der Waals surface area contributed by atoms with Gasteiger partial charge in [-0.1, -0.05) is 0 Å². The lowest BCUT2D eigenvalue weighted by atomic mass is 10.2. The molecule has 1 rings (SSSR count). The van der Waals surface area contributed by atoms with Gasteiger partial charge >= 0.3 is 5.97 Å². The first kappa shape index (κ1) is 14.6. The molecule has 5 nitrogen and oxygen atoms in total. The number of nitrogens with two attached hydrogens (primary N) is 1. The SMILES string of the molecule is COC(=O)CN(Cc1ccnc(CN)c1)C(C)C. The third kappa shape index (κ3) is 4.43. The molecule has 0 aliphatic heterocycles. The van der Waals surface area contributed by atoms with E-state index in [0.717, 1.165) is 11.3 Å². The number of esters is 1. The predicted octanol–water partition coefficient (Wildman–Crippen LogP) is 0.924. The van der Waals surface area contributed by atoms with E-state index in [0.29, 0.717) is 13.1 Å². The van der Waals surface area contributed by atoms with Gasteiger partial charge in [-0.15, -0.1) is 0 Å². The minimum atomic E-state index is -0.225. The van der Waals surface area contributed by atoms with Gasteiger partial charge in [0.15, 0.2) is 0 Å². The summed E-state index contributed by atoms with van der Waals surface area (Å²) in [4.78, 5) is 17.5. The Bertz CT molecular complexity index is 394. The van der Waals surface area contributed by atoms with Crippen LogP contribution in [0.1, 0.15) is 25.1 Å². The van der Waals surface area contributed by atoms with Crippen molar-refractivity contribution in [2.45, 2.75) is 33.0 Å². The van der Waals surface area contributed by atoms with E-state index in [4.69, 9.17) is 10.5 Å². The third-order valence-corrected chi connectivity index (χ3v) is 2.77. The number of carbonyl (C=O) groups is 1. The van der Waals surface area contributed by atoms with E-state index in [1.165, 1.54) is 7.11 Å². The Morgan fingerprint density at radius 1 is 1.56 bits per heavy atom. The van der Waals surface area contributed by atoms with Gasteiger partial charge in [0.25, 0.3) is 0 Å². The van der Waals surface area contributed by atoms with Crippen LogP contribution in [0.5, 0.6) is 0 Å². The summed E-state index contributed by atoms with van der Waals surface area (Å²) in [7, 11) is 1.40.